The number of nitriles is 1. The maximum atomic E-state index is 11.9. The monoisotopic (exact) mass is 308 g/mol. The lowest BCUT2D eigenvalue weighted by Crippen LogP contribution is -2.13. The fourth-order valence-corrected chi connectivity index (χ4v) is 2.42. The fourth-order valence-electron chi connectivity index (χ4n) is 2.42. The first-order valence-electron chi connectivity index (χ1n) is 7.79. The van der Waals surface area contributed by atoms with Gasteiger partial charge in [-0.2, -0.15) is 5.26 Å². The summed E-state index contributed by atoms with van der Waals surface area (Å²) in [6, 6.07) is 13.1. The van der Waals surface area contributed by atoms with E-state index in [2.05, 4.69) is 11.1 Å². The van der Waals surface area contributed by atoms with Crippen LogP contribution in [0.2, 0.25) is 0 Å². The number of aromatic nitrogens is 1. The minimum atomic E-state index is -0.608. The second-order valence-corrected chi connectivity index (χ2v) is 5.58. The van der Waals surface area contributed by atoms with E-state index >= 15 is 0 Å². The van der Waals surface area contributed by atoms with Crippen molar-refractivity contribution < 1.29 is 9.90 Å². The third-order valence-corrected chi connectivity index (χ3v) is 3.74. The van der Waals surface area contributed by atoms with Crippen molar-refractivity contribution in [2.75, 3.05) is 0 Å². The summed E-state index contributed by atoms with van der Waals surface area (Å²) < 4.78 is 0. The van der Waals surface area contributed by atoms with E-state index < -0.39 is 6.10 Å². The molecule has 0 spiro atoms. The normalized spacial score (nSPS) is 11.7. The van der Waals surface area contributed by atoms with E-state index in [4.69, 9.17) is 5.26 Å². The summed E-state index contributed by atoms with van der Waals surface area (Å²) in [6.07, 6.45) is 6.02. The van der Waals surface area contributed by atoms with Crippen LogP contribution in [0.1, 0.15) is 47.2 Å². The lowest BCUT2D eigenvalue weighted by molar-refractivity contribution is 0.0864. The van der Waals surface area contributed by atoms with Gasteiger partial charge in [-0.15, -0.1) is 0 Å². The summed E-state index contributed by atoms with van der Waals surface area (Å²) in [6.45, 7) is 0. The molecule has 0 aliphatic rings. The van der Waals surface area contributed by atoms with Gasteiger partial charge in [0.05, 0.1) is 17.7 Å². The Kier molecular flexibility index (Phi) is 6.46. The average molecular weight is 308 g/mol. The van der Waals surface area contributed by atoms with E-state index in [1.165, 1.54) is 11.8 Å². The number of nitrogens with zero attached hydrogens (tertiary/aromatic N) is 2. The Morgan fingerprint density at radius 3 is 2.65 bits per heavy atom. The van der Waals surface area contributed by atoms with Crippen LogP contribution in [-0.2, 0) is 6.42 Å². The maximum absolute atomic E-state index is 11.9. The number of Topliss-reactive ketones (excluding diaryl/α,β-unsaturated/α-hetero) is 1. The second-order valence-electron chi connectivity index (χ2n) is 5.58. The molecule has 4 heteroatoms. The molecule has 0 fully saturated rings. The highest BCUT2D eigenvalue weighted by atomic mass is 16.3. The number of hydrogen-bond acceptors (Lipinski definition) is 4. The van der Waals surface area contributed by atoms with E-state index in [-0.39, 0.29) is 12.2 Å². The second kappa shape index (κ2) is 8.82. The zero-order valence-electron chi connectivity index (χ0n) is 13.0. The Morgan fingerprint density at radius 1 is 1.22 bits per heavy atom. The van der Waals surface area contributed by atoms with Gasteiger partial charge < -0.3 is 5.11 Å². The van der Waals surface area contributed by atoms with E-state index in [0.29, 0.717) is 17.5 Å². The molecule has 1 aromatic heterocycles. The minimum Gasteiger partial charge on any atom is -0.393 e. The van der Waals surface area contributed by atoms with Gasteiger partial charge in [-0.05, 0) is 49.1 Å². The number of hydrogen-bond donors (Lipinski definition) is 1. The lowest BCUT2D eigenvalue weighted by Gasteiger charge is -2.09. The highest BCUT2D eigenvalue weighted by molar-refractivity contribution is 5.95. The van der Waals surface area contributed by atoms with E-state index in [1.54, 1.807) is 18.3 Å². The summed E-state index contributed by atoms with van der Waals surface area (Å²) in [7, 11) is 0. The van der Waals surface area contributed by atoms with Crippen molar-refractivity contribution in [3.05, 3.63) is 65.5 Å². The largest absolute Gasteiger partial charge is 0.393 e. The SMILES string of the molecule is N#Cc1ccc(CCCCC(O)CC(=O)c2cccnc2)cc1. The molecule has 0 amide bonds. The Hall–Kier alpha value is -2.51. The van der Waals surface area contributed by atoms with Crippen molar-refractivity contribution in [3.8, 4) is 6.07 Å². The predicted octanol–water partition coefficient (Wildman–Crippen LogP) is 3.30. The standard InChI is InChI=1S/C19H20N2O2/c20-13-16-9-7-15(8-10-16)4-1-2-6-18(22)12-19(23)17-5-3-11-21-14-17/h3,5,7-11,14,18,22H,1-2,4,6,12H2. The first kappa shape index (κ1) is 16.9. The molecule has 1 N–H and O–H groups in total. The molecule has 4 nitrogen and oxygen atoms in total. The first-order chi connectivity index (χ1) is 11.2. The van der Waals surface area contributed by atoms with Gasteiger partial charge in [0.25, 0.3) is 0 Å². The zero-order chi connectivity index (χ0) is 16.5. The van der Waals surface area contributed by atoms with Crippen molar-refractivity contribution in [2.24, 2.45) is 0 Å². The first-order valence-corrected chi connectivity index (χ1v) is 7.79. The third kappa shape index (κ3) is 5.65. The molecule has 118 valence electrons. The van der Waals surface area contributed by atoms with Gasteiger partial charge in [-0.3, -0.25) is 9.78 Å². The van der Waals surface area contributed by atoms with Crippen LogP contribution in [0.15, 0.2) is 48.8 Å². The Balaban J connectivity index is 1.67. The molecule has 0 bridgehead atoms. The van der Waals surface area contributed by atoms with Crippen LogP contribution in [-0.4, -0.2) is 22.0 Å². The molecule has 1 aromatic carbocycles. The van der Waals surface area contributed by atoms with Gasteiger partial charge in [0, 0.05) is 24.4 Å². The maximum Gasteiger partial charge on any atom is 0.166 e. The summed E-state index contributed by atoms with van der Waals surface area (Å²) in [4.78, 5) is 15.9. The predicted molar refractivity (Wildman–Crippen MR) is 87.9 cm³/mol. The third-order valence-electron chi connectivity index (χ3n) is 3.74. The molecule has 1 heterocycles. The number of aliphatic hydroxyl groups is 1. The molecule has 0 aliphatic heterocycles. The van der Waals surface area contributed by atoms with Crippen molar-refractivity contribution in [1.29, 1.82) is 5.26 Å². The smallest absolute Gasteiger partial charge is 0.166 e. The summed E-state index contributed by atoms with van der Waals surface area (Å²) in [5, 5.41) is 18.7. The summed E-state index contributed by atoms with van der Waals surface area (Å²) >= 11 is 0. The molecule has 23 heavy (non-hydrogen) atoms. The molecule has 0 saturated carbocycles. The fraction of sp³-hybridized carbons (Fsp3) is 0.316. The molecule has 1 atom stereocenters. The number of rotatable bonds is 8. The van der Waals surface area contributed by atoms with Gasteiger partial charge in [-0.25, -0.2) is 0 Å². The topological polar surface area (TPSA) is 74.0 Å². The van der Waals surface area contributed by atoms with Gasteiger partial charge in [0.1, 0.15) is 0 Å². The highest BCUT2D eigenvalue weighted by Crippen LogP contribution is 2.12. The van der Waals surface area contributed by atoms with Crippen LogP contribution in [0.3, 0.4) is 0 Å². The van der Waals surface area contributed by atoms with Crippen molar-refractivity contribution >= 4 is 5.78 Å². The Labute approximate surface area is 136 Å². The van der Waals surface area contributed by atoms with Crippen molar-refractivity contribution in [1.82, 2.24) is 4.98 Å². The van der Waals surface area contributed by atoms with Crippen LogP contribution in [0.25, 0.3) is 0 Å². The number of ketones is 1. The molecule has 0 saturated heterocycles. The molecule has 1 unspecified atom stereocenters. The summed E-state index contributed by atoms with van der Waals surface area (Å²) in [5.74, 6) is -0.0716. The van der Waals surface area contributed by atoms with Crippen LogP contribution in [0.5, 0.6) is 0 Å². The van der Waals surface area contributed by atoms with Gasteiger partial charge in [0.15, 0.2) is 5.78 Å². The molecular weight excluding hydrogens is 288 g/mol. The highest BCUT2D eigenvalue weighted by Gasteiger charge is 2.12. The van der Waals surface area contributed by atoms with E-state index in [0.717, 1.165) is 19.3 Å². The van der Waals surface area contributed by atoms with E-state index in [9.17, 15) is 9.90 Å². The van der Waals surface area contributed by atoms with Crippen LogP contribution < -0.4 is 0 Å². The average Bonchev–Trinajstić information content (AvgIpc) is 2.60. The lowest BCUT2D eigenvalue weighted by atomic mass is 10.0. The zero-order valence-corrected chi connectivity index (χ0v) is 13.0. The van der Waals surface area contributed by atoms with E-state index in [1.807, 2.05) is 24.3 Å². The molecule has 0 radical (unpaired) electrons. The van der Waals surface area contributed by atoms with Crippen molar-refractivity contribution in [2.45, 2.75) is 38.2 Å². The number of aliphatic hydroxyl groups excluding tert-OH is 1. The Bertz CT molecular complexity index is 660. The Morgan fingerprint density at radius 2 is 2.00 bits per heavy atom. The van der Waals surface area contributed by atoms with Gasteiger partial charge in [-0.1, -0.05) is 18.6 Å². The van der Waals surface area contributed by atoms with Crippen LogP contribution in [0, 0.1) is 11.3 Å². The van der Waals surface area contributed by atoms with Gasteiger partial charge in [0.2, 0.25) is 0 Å². The number of unbranched alkanes of at least 4 members (excludes halogenated alkanes) is 1. The summed E-state index contributed by atoms with van der Waals surface area (Å²) in [5.41, 5.74) is 2.40. The number of pyridine rings is 1. The molecular formula is C19H20N2O2. The number of aryl methyl sites for hydroxylation is 1. The van der Waals surface area contributed by atoms with Crippen LogP contribution in [0.4, 0.5) is 0 Å². The van der Waals surface area contributed by atoms with Gasteiger partial charge >= 0.3 is 0 Å². The number of carbonyl (C=O) groups is 1. The molecule has 2 aromatic rings. The molecule has 2 rings (SSSR count). The number of benzene rings is 1. The molecule has 0 aliphatic carbocycles. The minimum absolute atomic E-state index is 0.0716. The number of carbonyl (C=O) groups excluding carboxylic acids is 1. The van der Waals surface area contributed by atoms with Crippen molar-refractivity contribution in [3.63, 3.8) is 0 Å². The quantitative estimate of drug-likeness (QED) is 0.600. The van der Waals surface area contributed by atoms with Crippen LogP contribution >= 0.6 is 0 Å².